The number of hydrogen-bond donors (Lipinski definition) is 1. The number of thioether (sulfide) groups is 1. The maximum atomic E-state index is 13.3. The third-order valence-electron chi connectivity index (χ3n) is 5.98. The molecule has 0 spiro atoms. The van der Waals surface area contributed by atoms with Crippen molar-refractivity contribution in [1.29, 1.82) is 0 Å². The van der Waals surface area contributed by atoms with E-state index in [0.717, 1.165) is 17.5 Å². The summed E-state index contributed by atoms with van der Waals surface area (Å²) in [5, 5.41) is 19.8. The summed E-state index contributed by atoms with van der Waals surface area (Å²) in [6.45, 7) is 2.04. The maximum absolute atomic E-state index is 13.3. The van der Waals surface area contributed by atoms with Crippen LogP contribution in [0, 0.1) is 5.82 Å². The van der Waals surface area contributed by atoms with E-state index in [2.05, 4.69) is 15.2 Å². The van der Waals surface area contributed by atoms with Gasteiger partial charge in [-0.1, -0.05) is 66.4 Å². The highest BCUT2D eigenvalue weighted by atomic mass is 32.2. The number of aryl methyl sites for hydroxylation is 1. The van der Waals surface area contributed by atoms with Crippen LogP contribution in [0.1, 0.15) is 35.2 Å². The molecule has 1 aliphatic heterocycles. The van der Waals surface area contributed by atoms with Crippen LogP contribution in [0.3, 0.4) is 0 Å². The monoisotopic (exact) mass is 532 g/mol. The first-order chi connectivity index (χ1) is 18.0. The van der Waals surface area contributed by atoms with Gasteiger partial charge in [0, 0.05) is 23.7 Å². The number of halogens is 1. The summed E-state index contributed by atoms with van der Waals surface area (Å²) in [5.74, 6) is -1.62. The second kappa shape index (κ2) is 10.6. The summed E-state index contributed by atoms with van der Waals surface area (Å²) in [7, 11) is 0. The Balaban J connectivity index is 1.52. The fourth-order valence-electron chi connectivity index (χ4n) is 4.03. The number of aliphatic hydroxyl groups is 1. The van der Waals surface area contributed by atoms with E-state index in [0.29, 0.717) is 21.2 Å². The lowest BCUT2D eigenvalue weighted by atomic mass is 9.95. The summed E-state index contributed by atoms with van der Waals surface area (Å²) in [6, 6.07) is 16.1. The molecule has 1 saturated heterocycles. The molecule has 10 heteroatoms. The number of aliphatic hydroxyl groups excluding tert-OH is 1. The predicted octanol–water partition coefficient (Wildman–Crippen LogP) is 5.55. The van der Waals surface area contributed by atoms with Gasteiger partial charge in [0.1, 0.15) is 11.6 Å². The van der Waals surface area contributed by atoms with Gasteiger partial charge in [0.2, 0.25) is 5.13 Å². The highest BCUT2D eigenvalue weighted by Gasteiger charge is 2.48. The number of carbonyl (C=O) groups is 2. The van der Waals surface area contributed by atoms with Crippen molar-refractivity contribution in [3.8, 4) is 0 Å². The minimum absolute atomic E-state index is 0.0174. The molecule has 1 atom stereocenters. The number of aromatic nitrogens is 3. The van der Waals surface area contributed by atoms with Crippen LogP contribution < -0.4 is 4.90 Å². The van der Waals surface area contributed by atoms with E-state index in [1.807, 2.05) is 31.2 Å². The van der Waals surface area contributed by atoms with Crippen LogP contribution in [-0.4, -0.2) is 32.0 Å². The van der Waals surface area contributed by atoms with Crippen LogP contribution in [0.25, 0.3) is 5.76 Å². The number of benzene rings is 2. The number of nitrogens with zero attached hydrogens (tertiary/aromatic N) is 4. The van der Waals surface area contributed by atoms with Crippen molar-refractivity contribution in [2.45, 2.75) is 29.5 Å². The van der Waals surface area contributed by atoms with E-state index in [4.69, 9.17) is 0 Å². The Bertz CT molecular complexity index is 1470. The first kappa shape index (κ1) is 24.8. The highest BCUT2D eigenvalue weighted by molar-refractivity contribution is 8.00. The first-order valence-electron chi connectivity index (χ1n) is 11.5. The molecule has 2 aromatic carbocycles. The lowest BCUT2D eigenvalue weighted by Crippen LogP contribution is -2.29. The molecule has 1 fully saturated rings. The zero-order valence-corrected chi connectivity index (χ0v) is 21.3. The van der Waals surface area contributed by atoms with Crippen LogP contribution in [-0.2, 0) is 21.8 Å². The number of amides is 1. The van der Waals surface area contributed by atoms with Gasteiger partial charge in [0.05, 0.1) is 11.6 Å². The van der Waals surface area contributed by atoms with Gasteiger partial charge in [-0.15, -0.1) is 10.2 Å². The number of rotatable bonds is 7. The number of pyridine rings is 1. The zero-order valence-electron chi connectivity index (χ0n) is 19.7. The molecular weight excluding hydrogens is 511 g/mol. The van der Waals surface area contributed by atoms with Gasteiger partial charge in [-0.3, -0.25) is 19.5 Å². The van der Waals surface area contributed by atoms with Crippen molar-refractivity contribution in [2.75, 3.05) is 4.90 Å². The minimum atomic E-state index is -0.873. The summed E-state index contributed by atoms with van der Waals surface area (Å²) in [5.41, 5.74) is 3.05. The molecule has 0 aliphatic carbocycles. The van der Waals surface area contributed by atoms with E-state index < -0.39 is 17.7 Å². The Morgan fingerprint density at radius 1 is 1.00 bits per heavy atom. The Labute approximate surface area is 220 Å². The largest absolute Gasteiger partial charge is 0.507 e. The van der Waals surface area contributed by atoms with Crippen LogP contribution in [0.4, 0.5) is 9.52 Å². The molecule has 7 nitrogen and oxygen atoms in total. The molecule has 37 heavy (non-hydrogen) atoms. The number of Topliss-reactive ketones (excluding diaryl/α,β-unsaturated/α-hetero) is 1. The lowest BCUT2D eigenvalue weighted by Gasteiger charge is -2.22. The van der Waals surface area contributed by atoms with Crippen molar-refractivity contribution in [3.63, 3.8) is 0 Å². The van der Waals surface area contributed by atoms with E-state index in [1.54, 1.807) is 24.3 Å². The Hall–Kier alpha value is -3.89. The molecule has 2 aromatic heterocycles. The minimum Gasteiger partial charge on any atom is -0.507 e. The maximum Gasteiger partial charge on any atom is 0.301 e. The second-order valence-corrected chi connectivity index (χ2v) is 10.4. The molecule has 1 aliphatic rings. The number of hydrogen-bond acceptors (Lipinski definition) is 8. The lowest BCUT2D eigenvalue weighted by molar-refractivity contribution is -0.132. The summed E-state index contributed by atoms with van der Waals surface area (Å²) in [4.78, 5) is 31.8. The molecule has 1 unspecified atom stereocenters. The Morgan fingerprint density at radius 2 is 1.68 bits per heavy atom. The fraction of sp³-hybridized carbons (Fsp3) is 0.148. The van der Waals surface area contributed by atoms with Crippen LogP contribution >= 0.6 is 23.1 Å². The molecule has 0 saturated carbocycles. The molecule has 0 radical (unpaired) electrons. The van der Waals surface area contributed by atoms with Crippen molar-refractivity contribution in [3.05, 3.63) is 107 Å². The van der Waals surface area contributed by atoms with Gasteiger partial charge in [0.15, 0.2) is 4.34 Å². The SMILES string of the molecule is CCc1ccc(C2/C(=C(\O)c3ccncc3)C(=O)C(=O)N2c2nnc(SCc3ccc(F)cc3)s2)cc1. The molecule has 5 rings (SSSR count). The average Bonchev–Trinajstić information content (AvgIpc) is 3.50. The first-order valence-corrected chi connectivity index (χ1v) is 13.3. The summed E-state index contributed by atoms with van der Waals surface area (Å²) >= 11 is 2.58. The molecule has 0 bridgehead atoms. The number of anilines is 1. The Kier molecular flexibility index (Phi) is 7.11. The molecule has 1 N–H and O–H groups in total. The fourth-order valence-corrected chi connectivity index (χ4v) is 5.85. The third kappa shape index (κ3) is 5.03. The van der Waals surface area contributed by atoms with E-state index in [9.17, 15) is 19.1 Å². The molecule has 186 valence electrons. The van der Waals surface area contributed by atoms with Crippen LogP contribution in [0.15, 0.2) is 83.0 Å². The van der Waals surface area contributed by atoms with Gasteiger partial charge in [0.25, 0.3) is 5.78 Å². The predicted molar refractivity (Wildman–Crippen MR) is 141 cm³/mol. The van der Waals surface area contributed by atoms with E-state index >= 15 is 0 Å². The van der Waals surface area contributed by atoms with E-state index in [1.165, 1.54) is 52.5 Å². The number of carbonyl (C=O) groups excluding carboxylic acids is 2. The highest BCUT2D eigenvalue weighted by Crippen LogP contribution is 2.44. The van der Waals surface area contributed by atoms with Gasteiger partial charge in [-0.2, -0.15) is 0 Å². The topological polar surface area (TPSA) is 96.3 Å². The molecule has 1 amide bonds. The Morgan fingerprint density at radius 3 is 2.35 bits per heavy atom. The van der Waals surface area contributed by atoms with Crippen LogP contribution in [0.5, 0.6) is 0 Å². The van der Waals surface area contributed by atoms with Gasteiger partial charge in [-0.25, -0.2) is 4.39 Å². The van der Waals surface area contributed by atoms with Gasteiger partial charge in [-0.05, 0) is 47.4 Å². The van der Waals surface area contributed by atoms with Crippen molar-refractivity contribution >= 4 is 45.7 Å². The van der Waals surface area contributed by atoms with Crippen LogP contribution in [0.2, 0.25) is 0 Å². The third-order valence-corrected chi connectivity index (χ3v) is 8.11. The molecule has 4 aromatic rings. The van der Waals surface area contributed by atoms with Crippen molar-refractivity contribution in [2.24, 2.45) is 0 Å². The van der Waals surface area contributed by atoms with E-state index in [-0.39, 0.29) is 22.3 Å². The standard InChI is InChI=1S/C27H21FN4O3S2/c1-2-16-3-7-18(8-4-16)22-21(23(33)19-11-13-29-14-12-19)24(34)25(35)32(22)26-30-31-27(37-26)36-15-17-5-9-20(28)10-6-17/h3-14,22,33H,2,15H2,1H3/b23-21+. The average molecular weight is 533 g/mol. The van der Waals surface area contributed by atoms with Crippen molar-refractivity contribution < 1.29 is 19.1 Å². The van der Waals surface area contributed by atoms with Gasteiger partial charge >= 0.3 is 5.91 Å². The van der Waals surface area contributed by atoms with Gasteiger partial charge < -0.3 is 5.11 Å². The molecule has 3 heterocycles. The smallest absolute Gasteiger partial charge is 0.301 e. The normalized spacial score (nSPS) is 16.9. The summed E-state index contributed by atoms with van der Waals surface area (Å²) < 4.78 is 13.8. The summed E-state index contributed by atoms with van der Waals surface area (Å²) in [6.07, 6.45) is 3.85. The van der Waals surface area contributed by atoms with Crippen molar-refractivity contribution in [1.82, 2.24) is 15.2 Å². The number of ketones is 1. The zero-order chi connectivity index (χ0) is 25.9. The second-order valence-electron chi connectivity index (χ2n) is 8.27. The molecular formula is C27H21FN4O3S2. The quantitative estimate of drug-likeness (QED) is 0.110.